The van der Waals surface area contributed by atoms with Crippen molar-refractivity contribution in [3.63, 3.8) is 0 Å². The molecule has 0 spiro atoms. The zero-order valence-electron chi connectivity index (χ0n) is 13.2. The zero-order valence-corrected chi connectivity index (χ0v) is 13.2. The van der Waals surface area contributed by atoms with Crippen LogP contribution >= 0.6 is 0 Å². The normalized spacial score (nSPS) is 16.5. The SMILES string of the molecule is C#C/C(C(=O)OCCCO)=C1/C=C(NCCCOC)CCC1. The van der Waals surface area contributed by atoms with Crippen LogP contribution in [0.25, 0.3) is 0 Å². The van der Waals surface area contributed by atoms with Crippen molar-refractivity contribution in [1.29, 1.82) is 0 Å². The van der Waals surface area contributed by atoms with E-state index in [1.165, 1.54) is 0 Å². The number of allylic oxidation sites excluding steroid dienone is 3. The molecule has 0 bridgehead atoms. The molecule has 0 saturated carbocycles. The van der Waals surface area contributed by atoms with Crippen molar-refractivity contribution in [1.82, 2.24) is 5.32 Å². The minimum absolute atomic E-state index is 0.00924. The molecular formula is C17H25NO4. The van der Waals surface area contributed by atoms with E-state index < -0.39 is 5.97 Å². The molecule has 1 aliphatic carbocycles. The summed E-state index contributed by atoms with van der Waals surface area (Å²) < 4.78 is 10.1. The largest absolute Gasteiger partial charge is 0.462 e. The van der Waals surface area contributed by atoms with Crippen LogP contribution in [0.4, 0.5) is 0 Å². The molecule has 22 heavy (non-hydrogen) atoms. The number of terminal acetylenes is 1. The summed E-state index contributed by atoms with van der Waals surface area (Å²) in [6.45, 7) is 1.72. The first-order valence-corrected chi connectivity index (χ1v) is 7.64. The molecule has 1 rings (SSSR count). The van der Waals surface area contributed by atoms with Crippen molar-refractivity contribution >= 4 is 5.97 Å². The van der Waals surface area contributed by atoms with Gasteiger partial charge in [0.05, 0.1) is 6.61 Å². The molecule has 0 heterocycles. The van der Waals surface area contributed by atoms with E-state index in [0.29, 0.717) is 6.42 Å². The first-order chi connectivity index (χ1) is 10.7. The third-order valence-corrected chi connectivity index (χ3v) is 3.32. The topological polar surface area (TPSA) is 67.8 Å². The Bertz CT molecular complexity index is 460. The van der Waals surface area contributed by atoms with E-state index in [1.54, 1.807) is 7.11 Å². The van der Waals surface area contributed by atoms with Crippen LogP contribution in [0.5, 0.6) is 0 Å². The van der Waals surface area contributed by atoms with Gasteiger partial charge >= 0.3 is 5.97 Å². The van der Waals surface area contributed by atoms with Gasteiger partial charge in [0.25, 0.3) is 0 Å². The summed E-state index contributed by atoms with van der Waals surface area (Å²) in [4.78, 5) is 12.0. The summed E-state index contributed by atoms with van der Waals surface area (Å²) in [6.07, 6.45) is 11.5. The highest BCUT2D eigenvalue weighted by molar-refractivity contribution is 5.94. The number of ether oxygens (including phenoxy) is 2. The molecule has 1 aliphatic rings. The smallest absolute Gasteiger partial charge is 0.346 e. The van der Waals surface area contributed by atoms with Crippen LogP contribution < -0.4 is 5.32 Å². The van der Waals surface area contributed by atoms with Crippen LogP contribution in [0.15, 0.2) is 22.9 Å². The van der Waals surface area contributed by atoms with Crippen molar-refractivity contribution in [3.8, 4) is 12.3 Å². The monoisotopic (exact) mass is 307 g/mol. The van der Waals surface area contributed by atoms with Gasteiger partial charge in [0.1, 0.15) is 5.57 Å². The Morgan fingerprint density at radius 1 is 1.41 bits per heavy atom. The van der Waals surface area contributed by atoms with Gasteiger partial charge in [-0.05, 0) is 37.3 Å². The standard InChI is InChI=1S/C17H25NO4/c1-3-16(17(20)22-12-6-10-19)14-7-4-8-15(13-14)18-9-5-11-21-2/h1,13,18-19H,4-12H2,2H3/b16-14-. The first kappa shape index (κ1) is 18.3. The third-order valence-electron chi connectivity index (χ3n) is 3.32. The number of rotatable bonds is 9. The van der Waals surface area contributed by atoms with E-state index in [-0.39, 0.29) is 18.8 Å². The minimum Gasteiger partial charge on any atom is -0.462 e. The van der Waals surface area contributed by atoms with E-state index in [2.05, 4.69) is 11.2 Å². The lowest BCUT2D eigenvalue weighted by Crippen LogP contribution is -2.19. The molecule has 0 unspecified atom stereocenters. The lowest BCUT2D eigenvalue weighted by molar-refractivity contribution is -0.138. The lowest BCUT2D eigenvalue weighted by Gasteiger charge is -2.18. The zero-order chi connectivity index (χ0) is 16.2. The van der Waals surface area contributed by atoms with Crippen molar-refractivity contribution in [2.45, 2.75) is 32.1 Å². The second-order valence-corrected chi connectivity index (χ2v) is 5.05. The average molecular weight is 307 g/mol. The van der Waals surface area contributed by atoms with Gasteiger partial charge in [0.2, 0.25) is 0 Å². The van der Waals surface area contributed by atoms with Crippen molar-refractivity contribution in [3.05, 3.63) is 22.9 Å². The van der Waals surface area contributed by atoms with Crippen LogP contribution in [0.2, 0.25) is 0 Å². The molecular weight excluding hydrogens is 282 g/mol. The quantitative estimate of drug-likeness (QED) is 0.293. The molecule has 5 nitrogen and oxygen atoms in total. The van der Waals surface area contributed by atoms with Gasteiger partial charge in [-0.2, -0.15) is 0 Å². The molecule has 0 aliphatic heterocycles. The maximum atomic E-state index is 12.0. The number of esters is 1. The Morgan fingerprint density at radius 2 is 2.23 bits per heavy atom. The van der Waals surface area contributed by atoms with Crippen LogP contribution in [-0.4, -0.2) is 44.6 Å². The molecule has 0 amide bonds. The highest BCUT2D eigenvalue weighted by Gasteiger charge is 2.17. The van der Waals surface area contributed by atoms with Crippen LogP contribution in [0.1, 0.15) is 32.1 Å². The number of carbonyl (C=O) groups excluding carboxylic acids is 1. The predicted molar refractivity (Wildman–Crippen MR) is 85.0 cm³/mol. The average Bonchev–Trinajstić information content (AvgIpc) is 2.53. The van der Waals surface area contributed by atoms with Crippen LogP contribution in [0, 0.1) is 12.3 Å². The number of nitrogens with one attached hydrogen (secondary N) is 1. The van der Waals surface area contributed by atoms with E-state index in [9.17, 15) is 4.79 Å². The molecule has 0 atom stereocenters. The van der Waals surface area contributed by atoms with E-state index in [1.807, 2.05) is 6.08 Å². The number of carbonyl (C=O) groups is 1. The van der Waals surface area contributed by atoms with Crippen LogP contribution in [0.3, 0.4) is 0 Å². The fourth-order valence-corrected chi connectivity index (χ4v) is 2.21. The molecule has 0 aromatic heterocycles. The maximum Gasteiger partial charge on any atom is 0.346 e. The van der Waals surface area contributed by atoms with Gasteiger partial charge in [-0.1, -0.05) is 5.92 Å². The van der Waals surface area contributed by atoms with Gasteiger partial charge in [-0.3, -0.25) is 0 Å². The summed E-state index contributed by atoms with van der Waals surface area (Å²) in [6, 6.07) is 0. The molecule has 0 aromatic rings. The first-order valence-electron chi connectivity index (χ1n) is 7.64. The second-order valence-electron chi connectivity index (χ2n) is 5.05. The van der Waals surface area contributed by atoms with E-state index in [0.717, 1.165) is 50.1 Å². The van der Waals surface area contributed by atoms with Crippen molar-refractivity contribution in [2.24, 2.45) is 0 Å². The molecule has 0 radical (unpaired) electrons. The second kappa shape index (κ2) is 10.9. The van der Waals surface area contributed by atoms with Crippen LogP contribution in [-0.2, 0) is 14.3 Å². The number of methoxy groups -OCH3 is 1. The number of aliphatic hydroxyl groups is 1. The Hall–Kier alpha value is -1.77. The summed E-state index contributed by atoms with van der Waals surface area (Å²) >= 11 is 0. The number of hydrogen-bond acceptors (Lipinski definition) is 5. The molecule has 0 aromatic carbocycles. The molecule has 122 valence electrons. The van der Waals surface area contributed by atoms with Gasteiger partial charge in [0.15, 0.2) is 0 Å². The third kappa shape index (κ3) is 6.33. The van der Waals surface area contributed by atoms with Crippen molar-refractivity contribution in [2.75, 3.05) is 33.5 Å². The maximum absolute atomic E-state index is 12.0. The van der Waals surface area contributed by atoms with Gasteiger partial charge in [-0.15, -0.1) is 6.42 Å². The minimum atomic E-state index is -0.483. The Labute approximate surface area is 132 Å². The summed E-state index contributed by atoms with van der Waals surface area (Å²) in [5, 5.41) is 12.1. The predicted octanol–water partition coefficient (Wildman–Crippen LogP) is 1.54. The molecule has 0 saturated heterocycles. The van der Waals surface area contributed by atoms with E-state index in [4.69, 9.17) is 21.0 Å². The van der Waals surface area contributed by atoms with E-state index >= 15 is 0 Å². The summed E-state index contributed by atoms with van der Waals surface area (Å²) in [7, 11) is 1.68. The summed E-state index contributed by atoms with van der Waals surface area (Å²) in [5.41, 5.74) is 2.22. The van der Waals surface area contributed by atoms with Gasteiger partial charge in [0, 0.05) is 39.0 Å². The fraction of sp³-hybridized carbons (Fsp3) is 0.588. The van der Waals surface area contributed by atoms with Gasteiger partial charge < -0.3 is 19.9 Å². The highest BCUT2D eigenvalue weighted by Crippen LogP contribution is 2.24. The lowest BCUT2D eigenvalue weighted by atomic mass is 9.95. The summed E-state index contributed by atoms with van der Waals surface area (Å²) in [5.74, 6) is 1.96. The number of hydrogen-bond donors (Lipinski definition) is 2. The molecule has 2 N–H and O–H groups in total. The Balaban J connectivity index is 2.68. The Kier molecular flexibility index (Phi) is 9.04. The molecule has 5 heteroatoms. The van der Waals surface area contributed by atoms with Crippen molar-refractivity contribution < 1.29 is 19.4 Å². The highest BCUT2D eigenvalue weighted by atomic mass is 16.5. The molecule has 0 fully saturated rings. The fourth-order valence-electron chi connectivity index (χ4n) is 2.21. The van der Waals surface area contributed by atoms with Gasteiger partial charge in [-0.25, -0.2) is 4.79 Å². The number of aliphatic hydroxyl groups excluding tert-OH is 1. The Morgan fingerprint density at radius 3 is 2.91 bits per heavy atom.